The van der Waals surface area contributed by atoms with Gasteiger partial charge in [-0.2, -0.15) is 0 Å². The van der Waals surface area contributed by atoms with Gasteiger partial charge in [0.25, 0.3) is 0 Å². The zero-order valence-electron chi connectivity index (χ0n) is 10.9. The molecule has 0 atom stereocenters. The summed E-state index contributed by atoms with van der Waals surface area (Å²) < 4.78 is 31.4. The second kappa shape index (κ2) is 4.93. The molecule has 0 fully saturated rings. The zero-order chi connectivity index (χ0) is 15.0. The highest BCUT2D eigenvalue weighted by molar-refractivity contribution is 6.01. The molecule has 0 radical (unpaired) electrons. The van der Waals surface area contributed by atoms with Gasteiger partial charge in [0.1, 0.15) is 17.5 Å². The number of nitrogens with zero attached hydrogens (tertiary/aromatic N) is 2. The summed E-state index contributed by atoms with van der Waals surface area (Å²) >= 11 is 0. The van der Waals surface area contributed by atoms with Crippen molar-refractivity contribution in [3.63, 3.8) is 0 Å². The number of aromatic amines is 1. The van der Waals surface area contributed by atoms with Crippen LogP contribution in [0.15, 0.2) is 30.5 Å². The number of benzene rings is 1. The quantitative estimate of drug-likeness (QED) is 0.736. The van der Waals surface area contributed by atoms with E-state index in [0.717, 1.165) is 12.1 Å². The first-order chi connectivity index (χ1) is 10.1. The van der Waals surface area contributed by atoms with Crippen molar-refractivity contribution in [2.75, 3.05) is 7.11 Å². The van der Waals surface area contributed by atoms with Gasteiger partial charge in [0, 0.05) is 12.3 Å². The number of carbonyl (C=O) groups excluding carboxylic acids is 1. The van der Waals surface area contributed by atoms with Crippen LogP contribution in [0.1, 0.15) is 10.4 Å². The standard InChI is InChI=1S/C14H9F2N3O2/c1-21-14(20)9-4-5-17-13-11(9)18-12(19-13)8-3-2-7(15)6-10(8)16/h2-6H,1H3,(H,17,18,19). The lowest BCUT2D eigenvalue weighted by molar-refractivity contribution is 0.0602. The van der Waals surface area contributed by atoms with Crippen LogP contribution in [0.5, 0.6) is 0 Å². The molecule has 106 valence electrons. The number of aromatic nitrogens is 3. The summed E-state index contributed by atoms with van der Waals surface area (Å²) in [6.07, 6.45) is 1.40. The van der Waals surface area contributed by atoms with E-state index >= 15 is 0 Å². The molecule has 0 amide bonds. The summed E-state index contributed by atoms with van der Waals surface area (Å²) in [5, 5.41) is 0. The average Bonchev–Trinajstić information content (AvgIpc) is 2.89. The molecule has 0 unspecified atom stereocenters. The predicted octanol–water partition coefficient (Wildman–Crippen LogP) is 2.69. The fraction of sp³-hybridized carbons (Fsp3) is 0.0714. The zero-order valence-corrected chi connectivity index (χ0v) is 10.9. The molecule has 5 nitrogen and oxygen atoms in total. The van der Waals surface area contributed by atoms with Crippen molar-refractivity contribution >= 4 is 17.1 Å². The Labute approximate surface area is 117 Å². The van der Waals surface area contributed by atoms with Crippen LogP contribution >= 0.6 is 0 Å². The first-order valence-corrected chi connectivity index (χ1v) is 5.98. The van der Waals surface area contributed by atoms with Gasteiger partial charge >= 0.3 is 5.97 Å². The molecule has 3 rings (SSSR count). The van der Waals surface area contributed by atoms with Crippen molar-refractivity contribution in [2.24, 2.45) is 0 Å². The summed E-state index contributed by atoms with van der Waals surface area (Å²) in [4.78, 5) is 22.6. The maximum absolute atomic E-state index is 13.8. The number of ether oxygens (including phenoxy) is 1. The predicted molar refractivity (Wildman–Crippen MR) is 70.6 cm³/mol. The fourth-order valence-corrected chi connectivity index (χ4v) is 2.00. The number of hydrogen-bond acceptors (Lipinski definition) is 4. The van der Waals surface area contributed by atoms with E-state index in [1.807, 2.05) is 0 Å². The molecule has 3 aromatic rings. The minimum Gasteiger partial charge on any atom is -0.465 e. The van der Waals surface area contributed by atoms with E-state index < -0.39 is 17.6 Å². The van der Waals surface area contributed by atoms with Crippen LogP contribution in [0.3, 0.4) is 0 Å². The summed E-state index contributed by atoms with van der Waals surface area (Å²) in [5.74, 6) is -1.84. The second-order valence-corrected chi connectivity index (χ2v) is 4.26. The number of pyridine rings is 1. The number of esters is 1. The molecule has 1 N–H and O–H groups in total. The van der Waals surface area contributed by atoms with Crippen LogP contribution < -0.4 is 0 Å². The lowest BCUT2D eigenvalue weighted by Crippen LogP contribution is -2.02. The van der Waals surface area contributed by atoms with Gasteiger partial charge in [0.15, 0.2) is 5.65 Å². The number of fused-ring (bicyclic) bond motifs is 1. The molecule has 0 bridgehead atoms. The van der Waals surface area contributed by atoms with E-state index in [2.05, 4.69) is 19.7 Å². The van der Waals surface area contributed by atoms with Gasteiger partial charge in [0.2, 0.25) is 0 Å². The van der Waals surface area contributed by atoms with Gasteiger partial charge in [-0.1, -0.05) is 0 Å². The smallest absolute Gasteiger partial charge is 0.340 e. The molecule has 2 heterocycles. The molecule has 0 aliphatic rings. The molecule has 0 aliphatic carbocycles. The minimum atomic E-state index is -0.756. The van der Waals surface area contributed by atoms with E-state index in [4.69, 9.17) is 0 Å². The third-order valence-electron chi connectivity index (χ3n) is 2.98. The Balaban J connectivity index is 2.19. The highest BCUT2D eigenvalue weighted by atomic mass is 19.1. The van der Waals surface area contributed by atoms with Crippen molar-refractivity contribution in [2.45, 2.75) is 0 Å². The topological polar surface area (TPSA) is 67.9 Å². The molecule has 0 spiro atoms. The Morgan fingerprint density at radius 2 is 2.10 bits per heavy atom. The number of halogens is 2. The number of methoxy groups -OCH3 is 1. The minimum absolute atomic E-state index is 0.0882. The molecule has 0 saturated carbocycles. The lowest BCUT2D eigenvalue weighted by atomic mass is 10.2. The van der Waals surface area contributed by atoms with E-state index in [1.54, 1.807) is 0 Å². The van der Waals surface area contributed by atoms with E-state index in [-0.39, 0.29) is 22.6 Å². The van der Waals surface area contributed by atoms with E-state index in [9.17, 15) is 13.6 Å². The van der Waals surface area contributed by atoms with Crippen LogP contribution in [0.25, 0.3) is 22.6 Å². The van der Waals surface area contributed by atoms with Gasteiger partial charge in [-0.15, -0.1) is 0 Å². The van der Waals surface area contributed by atoms with Gasteiger partial charge in [0.05, 0.1) is 23.8 Å². The van der Waals surface area contributed by atoms with Crippen LogP contribution in [0.4, 0.5) is 8.78 Å². The molecular weight excluding hydrogens is 280 g/mol. The van der Waals surface area contributed by atoms with Gasteiger partial charge in [-0.05, 0) is 18.2 Å². The SMILES string of the molecule is COC(=O)c1ccnc2nc(-c3ccc(F)cc3F)[nH]c12. The maximum Gasteiger partial charge on any atom is 0.340 e. The Morgan fingerprint density at radius 3 is 2.81 bits per heavy atom. The molecule has 2 aromatic heterocycles. The normalized spacial score (nSPS) is 10.8. The fourth-order valence-electron chi connectivity index (χ4n) is 2.00. The Hall–Kier alpha value is -2.83. The van der Waals surface area contributed by atoms with Crippen LogP contribution in [0, 0.1) is 11.6 Å². The second-order valence-electron chi connectivity index (χ2n) is 4.26. The van der Waals surface area contributed by atoms with Gasteiger partial charge in [-0.3, -0.25) is 0 Å². The van der Waals surface area contributed by atoms with Gasteiger partial charge in [-0.25, -0.2) is 23.5 Å². The monoisotopic (exact) mass is 289 g/mol. The molecular formula is C14H9F2N3O2. The number of rotatable bonds is 2. The Kier molecular flexibility index (Phi) is 3.09. The Bertz CT molecular complexity index is 845. The Morgan fingerprint density at radius 1 is 1.29 bits per heavy atom. The highest BCUT2D eigenvalue weighted by Crippen LogP contribution is 2.24. The summed E-state index contributed by atoms with van der Waals surface area (Å²) in [6.45, 7) is 0. The number of carbonyl (C=O) groups is 1. The number of H-pyrrole nitrogens is 1. The number of hydrogen-bond donors (Lipinski definition) is 1. The van der Waals surface area contributed by atoms with Crippen LogP contribution in [-0.2, 0) is 4.74 Å². The number of imidazole rings is 1. The van der Waals surface area contributed by atoms with Crippen molar-refractivity contribution in [3.8, 4) is 11.4 Å². The molecule has 21 heavy (non-hydrogen) atoms. The molecule has 0 aliphatic heterocycles. The lowest BCUT2D eigenvalue weighted by Gasteiger charge is -1.99. The van der Waals surface area contributed by atoms with E-state index in [1.165, 1.54) is 25.4 Å². The molecule has 1 aromatic carbocycles. The third kappa shape index (κ3) is 2.22. The largest absolute Gasteiger partial charge is 0.465 e. The van der Waals surface area contributed by atoms with Crippen molar-refractivity contribution in [1.29, 1.82) is 0 Å². The first-order valence-electron chi connectivity index (χ1n) is 5.98. The summed E-state index contributed by atoms with van der Waals surface area (Å²) in [5.41, 5.74) is 0.911. The van der Waals surface area contributed by atoms with Crippen molar-refractivity contribution in [1.82, 2.24) is 15.0 Å². The van der Waals surface area contributed by atoms with Crippen molar-refractivity contribution in [3.05, 3.63) is 47.7 Å². The molecule has 0 saturated heterocycles. The first kappa shape index (κ1) is 13.2. The van der Waals surface area contributed by atoms with Crippen LogP contribution in [0.2, 0.25) is 0 Å². The molecule has 7 heteroatoms. The summed E-state index contributed by atoms with van der Waals surface area (Å²) in [6, 6.07) is 4.62. The average molecular weight is 289 g/mol. The van der Waals surface area contributed by atoms with Crippen LogP contribution in [-0.4, -0.2) is 28.0 Å². The third-order valence-corrected chi connectivity index (χ3v) is 2.98. The van der Waals surface area contributed by atoms with Crippen molar-refractivity contribution < 1.29 is 18.3 Å². The highest BCUT2D eigenvalue weighted by Gasteiger charge is 2.17. The maximum atomic E-state index is 13.8. The van der Waals surface area contributed by atoms with E-state index in [0.29, 0.717) is 5.52 Å². The van der Waals surface area contributed by atoms with Gasteiger partial charge < -0.3 is 9.72 Å². The summed E-state index contributed by atoms with van der Waals surface area (Å²) in [7, 11) is 1.26. The number of nitrogens with one attached hydrogen (secondary N) is 1.